The predicted octanol–water partition coefficient (Wildman–Crippen LogP) is 7.76. The Morgan fingerprint density at radius 2 is 1.45 bits per heavy atom. The molecule has 2 aliphatic heterocycles. The van der Waals surface area contributed by atoms with Gasteiger partial charge in [-0.05, 0) is 65.6 Å². The fourth-order valence-electron chi connectivity index (χ4n) is 5.77. The van der Waals surface area contributed by atoms with Crippen LogP contribution in [0.5, 0.6) is 11.5 Å². The molecule has 0 unspecified atom stereocenters. The van der Waals surface area contributed by atoms with E-state index in [9.17, 15) is 0 Å². The lowest BCUT2D eigenvalue weighted by molar-refractivity contribution is -0.126. The van der Waals surface area contributed by atoms with Crippen LogP contribution >= 0.6 is 27.7 Å². The van der Waals surface area contributed by atoms with E-state index in [2.05, 4.69) is 21.2 Å². The molecule has 9 heteroatoms. The molecule has 1 N–H and O–H groups in total. The lowest BCUT2D eigenvalue weighted by atomic mass is 9.76. The van der Waals surface area contributed by atoms with Crippen molar-refractivity contribution in [1.29, 1.82) is 0 Å². The average molecular weight is 652 g/mol. The third-order valence-electron chi connectivity index (χ3n) is 7.94. The van der Waals surface area contributed by atoms with Crippen molar-refractivity contribution in [2.45, 2.75) is 28.3 Å². The van der Waals surface area contributed by atoms with Crippen molar-refractivity contribution < 1.29 is 23.0 Å². The number of hydrogen-bond acceptors (Lipinski definition) is 6. The molecule has 5 nitrogen and oxygen atoms in total. The zero-order valence-electron chi connectivity index (χ0n) is 23.1. The van der Waals surface area contributed by atoms with Crippen LogP contribution in [0.4, 0.5) is 8.78 Å². The summed E-state index contributed by atoms with van der Waals surface area (Å²) in [5.41, 5.74) is 0.232. The third kappa shape index (κ3) is 4.82. The fourth-order valence-corrected chi connectivity index (χ4v) is 7.29. The summed E-state index contributed by atoms with van der Waals surface area (Å²) in [5, 5.41) is 3.54. The Balaban J connectivity index is 1.58. The molecule has 1 spiro atoms. The molecule has 0 saturated heterocycles. The first-order chi connectivity index (χ1) is 20.3. The zero-order chi connectivity index (χ0) is 29.4. The maximum atomic E-state index is 16.0. The van der Waals surface area contributed by atoms with Gasteiger partial charge in [-0.3, -0.25) is 0 Å². The van der Waals surface area contributed by atoms with E-state index in [0.29, 0.717) is 22.8 Å². The van der Waals surface area contributed by atoms with Crippen LogP contribution < -0.4 is 14.8 Å². The fraction of sp³-hybridized carbons (Fsp3) is 0.242. The molecule has 0 bridgehead atoms. The number of rotatable bonds is 6. The van der Waals surface area contributed by atoms with Crippen molar-refractivity contribution >= 4 is 33.7 Å². The average Bonchev–Trinajstić information content (AvgIpc) is 3.02. The number of ether oxygens (including phenoxy) is 3. The first-order valence-electron chi connectivity index (χ1n) is 13.5. The van der Waals surface area contributed by atoms with Gasteiger partial charge in [0.1, 0.15) is 17.0 Å². The minimum absolute atomic E-state index is 0.0502. The van der Waals surface area contributed by atoms with Gasteiger partial charge in [0, 0.05) is 20.7 Å². The number of thioether (sulfide) groups is 1. The Morgan fingerprint density at radius 1 is 0.857 bits per heavy atom. The van der Waals surface area contributed by atoms with Gasteiger partial charge in [0.25, 0.3) is 6.02 Å². The van der Waals surface area contributed by atoms with E-state index in [1.54, 1.807) is 32.0 Å². The first kappa shape index (κ1) is 28.6. The molecule has 6 rings (SSSR count). The van der Waals surface area contributed by atoms with Gasteiger partial charge >= 0.3 is 5.92 Å². The number of benzene rings is 4. The minimum Gasteiger partial charge on any atom is -0.497 e. The maximum Gasteiger partial charge on any atom is 0.310 e. The minimum atomic E-state index is -3.22. The van der Waals surface area contributed by atoms with E-state index in [0.717, 1.165) is 26.1 Å². The van der Waals surface area contributed by atoms with Crippen LogP contribution in [-0.2, 0) is 15.8 Å². The standard InChI is InChI=1S/C33H29BrF2N2O3S/c1-39-26-13-8-23(9-14-26)33(22-6-4-3-5-7-22,24-10-15-27(40-2)16-11-24)38-30-37-31(32(35,36)21-41-30)18-19-42-29-17-12-25(34)20-28(29)31/h3-17,20H,18-19,21H2,1-2H3,(H,37,38)/t31-/m1/s1. The van der Waals surface area contributed by atoms with Gasteiger partial charge in [0.15, 0.2) is 12.1 Å². The maximum absolute atomic E-state index is 16.0. The van der Waals surface area contributed by atoms with Crippen LogP contribution in [0.25, 0.3) is 0 Å². The highest BCUT2D eigenvalue weighted by molar-refractivity contribution is 9.10. The third-order valence-corrected chi connectivity index (χ3v) is 9.51. The molecule has 0 fully saturated rings. The van der Waals surface area contributed by atoms with Crippen LogP contribution in [0.1, 0.15) is 28.7 Å². The Labute approximate surface area is 256 Å². The van der Waals surface area contributed by atoms with Crippen LogP contribution in [0.15, 0.2) is 111 Å². The van der Waals surface area contributed by atoms with Crippen molar-refractivity contribution in [3.8, 4) is 11.5 Å². The summed E-state index contributed by atoms with van der Waals surface area (Å²) < 4.78 is 49.4. The molecule has 4 aromatic rings. The van der Waals surface area contributed by atoms with Gasteiger partial charge in [-0.25, -0.2) is 4.99 Å². The SMILES string of the molecule is COc1ccc(C(NC2=N[C@@]3(CCSc4ccc(Br)cc43)C(F)(F)CO2)(c2ccccc2)c2ccc(OC)cc2)cc1. The highest BCUT2D eigenvalue weighted by Gasteiger charge is 2.60. The molecule has 2 aliphatic rings. The number of nitrogens with zero attached hydrogens (tertiary/aromatic N) is 1. The summed E-state index contributed by atoms with van der Waals surface area (Å²) in [6.07, 6.45) is 0.173. The van der Waals surface area contributed by atoms with Crippen LogP contribution in [-0.4, -0.2) is 38.5 Å². The van der Waals surface area contributed by atoms with Crippen molar-refractivity contribution in [1.82, 2.24) is 5.32 Å². The van der Waals surface area contributed by atoms with E-state index < -0.39 is 23.6 Å². The van der Waals surface area contributed by atoms with E-state index in [1.807, 2.05) is 91.0 Å². The Kier molecular flexibility index (Phi) is 7.66. The summed E-state index contributed by atoms with van der Waals surface area (Å²) in [7, 11) is 3.23. The summed E-state index contributed by atoms with van der Waals surface area (Å²) in [6.45, 7) is -0.800. The highest BCUT2D eigenvalue weighted by Crippen LogP contribution is 2.53. The molecule has 0 aliphatic carbocycles. The van der Waals surface area contributed by atoms with E-state index in [-0.39, 0.29) is 12.4 Å². The van der Waals surface area contributed by atoms with Crippen LogP contribution in [0, 0.1) is 0 Å². The number of fused-ring (bicyclic) bond motifs is 2. The highest BCUT2D eigenvalue weighted by atomic mass is 79.9. The van der Waals surface area contributed by atoms with Gasteiger partial charge in [-0.1, -0.05) is 70.5 Å². The topological polar surface area (TPSA) is 52.1 Å². The lowest BCUT2D eigenvalue weighted by Gasteiger charge is -2.45. The summed E-state index contributed by atoms with van der Waals surface area (Å²) >= 11 is 5.06. The lowest BCUT2D eigenvalue weighted by Crippen LogP contribution is -2.57. The Morgan fingerprint density at radius 3 is 2.05 bits per heavy atom. The molecule has 216 valence electrons. The van der Waals surface area contributed by atoms with Gasteiger partial charge in [-0.15, -0.1) is 11.8 Å². The van der Waals surface area contributed by atoms with E-state index in [4.69, 9.17) is 19.2 Å². The Hall–Kier alpha value is -3.56. The van der Waals surface area contributed by atoms with Crippen molar-refractivity contribution in [2.24, 2.45) is 4.99 Å². The summed E-state index contributed by atoms with van der Waals surface area (Å²) in [5.74, 6) is -1.31. The monoisotopic (exact) mass is 650 g/mol. The first-order valence-corrected chi connectivity index (χ1v) is 15.3. The molecular weight excluding hydrogens is 622 g/mol. The van der Waals surface area contributed by atoms with Gasteiger partial charge in [0.05, 0.1) is 14.2 Å². The number of nitrogens with one attached hydrogen (secondary N) is 1. The molecule has 0 aromatic heterocycles. The van der Waals surface area contributed by atoms with Crippen molar-refractivity contribution in [3.63, 3.8) is 0 Å². The molecule has 1 atom stereocenters. The number of hydrogen-bond donors (Lipinski definition) is 1. The second-order valence-corrected chi connectivity index (χ2v) is 12.3. The van der Waals surface area contributed by atoms with Gasteiger partial charge in [-0.2, -0.15) is 8.78 Å². The number of halogens is 3. The molecule has 4 aromatic carbocycles. The number of amidine groups is 1. The second-order valence-electron chi connectivity index (χ2n) is 10.2. The molecule has 0 amide bonds. The van der Waals surface area contributed by atoms with Crippen LogP contribution in [0.3, 0.4) is 0 Å². The van der Waals surface area contributed by atoms with E-state index in [1.165, 1.54) is 0 Å². The smallest absolute Gasteiger partial charge is 0.310 e. The second kappa shape index (κ2) is 11.3. The Bertz CT molecular complexity index is 1550. The van der Waals surface area contributed by atoms with Gasteiger partial charge < -0.3 is 19.5 Å². The molecule has 0 radical (unpaired) electrons. The number of alkyl halides is 2. The molecule has 0 saturated carbocycles. The zero-order valence-corrected chi connectivity index (χ0v) is 25.5. The van der Waals surface area contributed by atoms with Crippen molar-refractivity contribution in [3.05, 3.63) is 124 Å². The number of methoxy groups -OCH3 is 2. The van der Waals surface area contributed by atoms with E-state index >= 15 is 8.78 Å². The molecule has 2 heterocycles. The molecular formula is C33H29BrF2N2O3S. The number of aliphatic imine (C=N–C) groups is 1. The van der Waals surface area contributed by atoms with Crippen LogP contribution in [0.2, 0.25) is 0 Å². The normalized spacial score (nSPS) is 19.3. The summed E-state index contributed by atoms with van der Waals surface area (Å²) in [4.78, 5) is 5.59. The van der Waals surface area contributed by atoms with Gasteiger partial charge in [0.2, 0.25) is 0 Å². The largest absolute Gasteiger partial charge is 0.497 e. The van der Waals surface area contributed by atoms with Crippen molar-refractivity contribution in [2.75, 3.05) is 26.6 Å². The molecule has 42 heavy (non-hydrogen) atoms. The predicted molar refractivity (Wildman–Crippen MR) is 165 cm³/mol. The quantitative estimate of drug-likeness (QED) is 0.216. The summed E-state index contributed by atoms with van der Waals surface area (Å²) in [6, 6.07) is 30.7.